The number of aryl methyl sites for hydroxylation is 1. The SMILES string of the molecule is C=C(C)CN(CC)C(=O)C(C)Sc1nncn1-c1ccc(C)c(Cl)c1. The van der Waals surface area contributed by atoms with Crippen LogP contribution in [0.5, 0.6) is 0 Å². The standard InChI is InChI=1S/C18H23ClN4OS/c1-6-22(10-12(2)3)17(24)14(5)25-18-21-20-11-23(18)15-8-7-13(4)16(19)9-15/h7-9,11,14H,2,6,10H2,1,3-5H3. The number of halogens is 1. The van der Waals surface area contributed by atoms with Crippen molar-refractivity contribution in [1.82, 2.24) is 19.7 Å². The fourth-order valence-corrected chi connectivity index (χ4v) is 3.45. The molecule has 0 aliphatic heterocycles. The Morgan fingerprint density at radius 1 is 1.48 bits per heavy atom. The molecule has 0 aliphatic rings. The first kappa shape index (κ1) is 19.5. The summed E-state index contributed by atoms with van der Waals surface area (Å²) in [4.78, 5) is 14.5. The summed E-state index contributed by atoms with van der Waals surface area (Å²) in [5.41, 5.74) is 2.84. The molecule has 2 rings (SSSR count). The molecule has 5 nitrogen and oxygen atoms in total. The molecule has 0 aliphatic carbocycles. The molecule has 1 unspecified atom stereocenters. The Labute approximate surface area is 158 Å². The van der Waals surface area contributed by atoms with E-state index in [0.29, 0.717) is 23.3 Å². The van der Waals surface area contributed by atoms with Gasteiger partial charge in [0.05, 0.1) is 10.9 Å². The van der Waals surface area contributed by atoms with Gasteiger partial charge in [0.2, 0.25) is 5.91 Å². The topological polar surface area (TPSA) is 51.0 Å². The zero-order chi connectivity index (χ0) is 18.6. The van der Waals surface area contributed by atoms with Gasteiger partial charge >= 0.3 is 0 Å². The van der Waals surface area contributed by atoms with E-state index in [9.17, 15) is 4.79 Å². The van der Waals surface area contributed by atoms with Gasteiger partial charge in [0, 0.05) is 18.1 Å². The third-order valence-electron chi connectivity index (χ3n) is 3.73. The van der Waals surface area contributed by atoms with Crippen molar-refractivity contribution in [3.63, 3.8) is 0 Å². The number of rotatable bonds is 7. The molecule has 1 amide bonds. The molecule has 1 aromatic carbocycles. The number of aromatic nitrogens is 3. The van der Waals surface area contributed by atoms with Crippen LogP contribution >= 0.6 is 23.4 Å². The number of likely N-dealkylation sites (N-methyl/N-ethyl adjacent to an activating group) is 1. The fraction of sp³-hybridized carbons (Fsp3) is 0.389. The van der Waals surface area contributed by atoms with Crippen LogP contribution in [0.3, 0.4) is 0 Å². The van der Waals surface area contributed by atoms with Crippen molar-refractivity contribution >= 4 is 29.3 Å². The highest BCUT2D eigenvalue weighted by Gasteiger charge is 2.23. The molecule has 0 spiro atoms. The van der Waals surface area contributed by atoms with Crippen molar-refractivity contribution in [3.8, 4) is 5.69 Å². The van der Waals surface area contributed by atoms with Crippen LogP contribution in [-0.2, 0) is 4.79 Å². The second-order valence-electron chi connectivity index (χ2n) is 5.99. The fourth-order valence-electron chi connectivity index (χ4n) is 2.35. The second kappa shape index (κ2) is 8.54. The van der Waals surface area contributed by atoms with Gasteiger partial charge in [-0.2, -0.15) is 0 Å². The van der Waals surface area contributed by atoms with Gasteiger partial charge in [0.15, 0.2) is 5.16 Å². The summed E-state index contributed by atoms with van der Waals surface area (Å²) in [5.74, 6) is 0.0620. The Kier molecular flexibility index (Phi) is 6.67. The van der Waals surface area contributed by atoms with E-state index < -0.39 is 0 Å². The van der Waals surface area contributed by atoms with Crippen LogP contribution in [0.1, 0.15) is 26.3 Å². The van der Waals surface area contributed by atoms with Gasteiger partial charge in [-0.15, -0.1) is 10.2 Å². The second-order valence-corrected chi connectivity index (χ2v) is 7.70. The van der Waals surface area contributed by atoms with Gasteiger partial charge in [-0.3, -0.25) is 9.36 Å². The average Bonchev–Trinajstić information content (AvgIpc) is 3.02. The van der Waals surface area contributed by atoms with Crippen LogP contribution in [0.25, 0.3) is 5.69 Å². The van der Waals surface area contributed by atoms with Gasteiger partial charge < -0.3 is 4.90 Å². The van der Waals surface area contributed by atoms with E-state index in [4.69, 9.17) is 11.6 Å². The number of carbonyl (C=O) groups excluding carboxylic acids is 1. The molecule has 0 fully saturated rings. The van der Waals surface area contributed by atoms with Gasteiger partial charge in [0.1, 0.15) is 6.33 Å². The molecular formula is C18H23ClN4OS. The van der Waals surface area contributed by atoms with E-state index in [-0.39, 0.29) is 11.2 Å². The lowest BCUT2D eigenvalue weighted by molar-refractivity contribution is -0.129. The van der Waals surface area contributed by atoms with Crippen LogP contribution in [0.4, 0.5) is 0 Å². The van der Waals surface area contributed by atoms with Gasteiger partial charge in [-0.1, -0.05) is 41.6 Å². The molecule has 0 radical (unpaired) electrons. The molecule has 0 saturated heterocycles. The monoisotopic (exact) mass is 378 g/mol. The highest BCUT2D eigenvalue weighted by molar-refractivity contribution is 8.00. The molecule has 0 saturated carbocycles. The van der Waals surface area contributed by atoms with E-state index in [2.05, 4.69) is 16.8 Å². The van der Waals surface area contributed by atoms with Crippen LogP contribution in [0.15, 0.2) is 41.8 Å². The van der Waals surface area contributed by atoms with Crippen LogP contribution < -0.4 is 0 Å². The number of nitrogens with zero attached hydrogens (tertiary/aromatic N) is 4. The van der Waals surface area contributed by atoms with Crippen molar-refractivity contribution in [2.24, 2.45) is 0 Å². The van der Waals surface area contributed by atoms with E-state index in [1.165, 1.54) is 11.8 Å². The molecule has 0 N–H and O–H groups in total. The zero-order valence-electron chi connectivity index (χ0n) is 15.0. The summed E-state index contributed by atoms with van der Waals surface area (Å²) in [6, 6.07) is 5.78. The number of amides is 1. The average molecular weight is 379 g/mol. The number of benzene rings is 1. The third kappa shape index (κ3) is 4.86. The lowest BCUT2D eigenvalue weighted by Gasteiger charge is -2.24. The van der Waals surface area contributed by atoms with E-state index in [1.807, 2.05) is 50.5 Å². The normalized spacial score (nSPS) is 12.0. The third-order valence-corrected chi connectivity index (χ3v) is 5.19. The van der Waals surface area contributed by atoms with Gasteiger partial charge in [0.25, 0.3) is 0 Å². The number of hydrogen-bond donors (Lipinski definition) is 0. The lowest BCUT2D eigenvalue weighted by atomic mass is 10.2. The summed E-state index contributed by atoms with van der Waals surface area (Å²) < 4.78 is 1.84. The van der Waals surface area contributed by atoms with Crippen LogP contribution in [-0.4, -0.2) is 43.9 Å². The molecular weight excluding hydrogens is 356 g/mol. The molecule has 134 valence electrons. The van der Waals surface area contributed by atoms with Gasteiger partial charge in [-0.25, -0.2) is 0 Å². The first-order valence-corrected chi connectivity index (χ1v) is 9.35. The molecule has 2 aromatic rings. The minimum Gasteiger partial charge on any atom is -0.338 e. The van der Waals surface area contributed by atoms with E-state index in [1.54, 1.807) is 11.2 Å². The lowest BCUT2D eigenvalue weighted by Crippen LogP contribution is -2.37. The Bertz CT molecular complexity index is 774. The maximum atomic E-state index is 12.7. The maximum Gasteiger partial charge on any atom is 0.236 e. The minimum atomic E-state index is -0.275. The smallest absolute Gasteiger partial charge is 0.236 e. The zero-order valence-corrected chi connectivity index (χ0v) is 16.6. The van der Waals surface area contributed by atoms with Crippen molar-refractivity contribution in [2.75, 3.05) is 13.1 Å². The first-order valence-electron chi connectivity index (χ1n) is 8.09. The summed E-state index contributed by atoms with van der Waals surface area (Å²) in [5, 5.41) is 9.21. The Balaban J connectivity index is 2.18. The quantitative estimate of drug-likeness (QED) is 0.536. The summed E-state index contributed by atoms with van der Waals surface area (Å²) >= 11 is 7.60. The molecule has 1 aromatic heterocycles. The van der Waals surface area contributed by atoms with Crippen molar-refractivity contribution in [3.05, 3.63) is 47.3 Å². The summed E-state index contributed by atoms with van der Waals surface area (Å²) in [6.07, 6.45) is 1.63. The highest BCUT2D eigenvalue weighted by atomic mass is 35.5. The number of thioether (sulfide) groups is 1. The summed E-state index contributed by atoms with van der Waals surface area (Å²) in [7, 11) is 0. The van der Waals surface area contributed by atoms with Crippen molar-refractivity contribution in [1.29, 1.82) is 0 Å². The van der Waals surface area contributed by atoms with Crippen molar-refractivity contribution in [2.45, 2.75) is 38.1 Å². The van der Waals surface area contributed by atoms with Crippen molar-refractivity contribution < 1.29 is 4.79 Å². The largest absolute Gasteiger partial charge is 0.338 e. The number of hydrogen-bond acceptors (Lipinski definition) is 4. The molecule has 25 heavy (non-hydrogen) atoms. The Morgan fingerprint density at radius 3 is 2.80 bits per heavy atom. The number of carbonyl (C=O) groups is 1. The molecule has 7 heteroatoms. The molecule has 0 bridgehead atoms. The Hall–Kier alpha value is -1.79. The summed E-state index contributed by atoms with van der Waals surface area (Å²) in [6.45, 7) is 12.8. The van der Waals surface area contributed by atoms with Crippen LogP contribution in [0, 0.1) is 6.92 Å². The Morgan fingerprint density at radius 2 is 2.20 bits per heavy atom. The van der Waals surface area contributed by atoms with E-state index >= 15 is 0 Å². The predicted octanol–water partition coefficient (Wildman–Crippen LogP) is 4.13. The van der Waals surface area contributed by atoms with Crippen LogP contribution in [0.2, 0.25) is 5.02 Å². The first-order chi connectivity index (χ1) is 11.8. The predicted molar refractivity (Wildman–Crippen MR) is 103 cm³/mol. The highest BCUT2D eigenvalue weighted by Crippen LogP contribution is 2.27. The maximum absolute atomic E-state index is 12.7. The van der Waals surface area contributed by atoms with Gasteiger partial charge in [-0.05, 0) is 45.4 Å². The molecule has 1 heterocycles. The van der Waals surface area contributed by atoms with E-state index in [0.717, 1.165) is 16.8 Å². The minimum absolute atomic E-state index is 0.0620. The molecule has 1 atom stereocenters.